The summed E-state index contributed by atoms with van der Waals surface area (Å²) < 4.78 is 58.8. The summed E-state index contributed by atoms with van der Waals surface area (Å²) in [6, 6.07) is 7.67. The van der Waals surface area contributed by atoms with E-state index >= 15 is 0 Å². The third kappa shape index (κ3) is 2.54. The Bertz CT molecular complexity index is 712. The number of nitrogens with two attached hydrogens (primary N) is 1. The minimum atomic E-state index is -4.50. The van der Waals surface area contributed by atoms with Crippen molar-refractivity contribution in [2.24, 2.45) is 5.73 Å². The fraction of sp³-hybridized carbons (Fsp3) is 0.250. The van der Waals surface area contributed by atoms with Crippen LogP contribution in [0.5, 0.6) is 5.75 Å². The summed E-state index contributed by atoms with van der Waals surface area (Å²) in [5.41, 5.74) is 5.32. The van der Waals surface area contributed by atoms with Crippen LogP contribution in [-0.4, -0.2) is 12.6 Å². The van der Waals surface area contributed by atoms with Gasteiger partial charge in [-0.25, -0.2) is 4.39 Å². The molecule has 2 aromatic rings. The molecule has 0 fully saturated rings. The summed E-state index contributed by atoms with van der Waals surface area (Å²) in [7, 11) is 0. The number of halogens is 4. The van der Waals surface area contributed by atoms with E-state index in [0.29, 0.717) is 5.56 Å². The number of benzene rings is 2. The van der Waals surface area contributed by atoms with Crippen molar-refractivity contribution in [1.29, 1.82) is 0 Å². The molecule has 0 amide bonds. The molecule has 0 bridgehead atoms. The van der Waals surface area contributed by atoms with Crippen molar-refractivity contribution in [1.82, 2.24) is 0 Å². The maximum atomic E-state index is 14.0. The zero-order valence-corrected chi connectivity index (χ0v) is 11.5. The SMILES string of the molecule is NCC1Cc2cc(C(F)(F)F)cc(-c3ccccc3F)c2O1. The summed E-state index contributed by atoms with van der Waals surface area (Å²) in [6.07, 6.45) is -4.60. The van der Waals surface area contributed by atoms with Crippen LogP contribution in [0.25, 0.3) is 11.1 Å². The molecule has 116 valence electrons. The molecule has 1 aliphatic rings. The van der Waals surface area contributed by atoms with E-state index < -0.39 is 17.6 Å². The predicted octanol–water partition coefficient (Wildman–Crippen LogP) is 3.77. The average Bonchev–Trinajstić information content (AvgIpc) is 2.89. The van der Waals surface area contributed by atoms with Gasteiger partial charge in [-0.3, -0.25) is 0 Å². The van der Waals surface area contributed by atoms with Gasteiger partial charge < -0.3 is 10.5 Å². The smallest absolute Gasteiger partial charge is 0.416 e. The summed E-state index contributed by atoms with van der Waals surface area (Å²) in [5.74, 6) is -0.308. The predicted molar refractivity (Wildman–Crippen MR) is 74.0 cm³/mol. The molecule has 6 heteroatoms. The summed E-state index contributed by atoms with van der Waals surface area (Å²) in [4.78, 5) is 0. The minimum absolute atomic E-state index is 0.0857. The highest BCUT2D eigenvalue weighted by atomic mass is 19.4. The van der Waals surface area contributed by atoms with E-state index in [2.05, 4.69) is 0 Å². The first-order valence-corrected chi connectivity index (χ1v) is 6.76. The molecular formula is C16H13F4NO. The van der Waals surface area contributed by atoms with E-state index in [-0.39, 0.29) is 35.9 Å². The Morgan fingerprint density at radius 1 is 1.14 bits per heavy atom. The fourth-order valence-corrected chi connectivity index (χ4v) is 2.61. The number of fused-ring (bicyclic) bond motifs is 1. The van der Waals surface area contributed by atoms with Crippen LogP contribution in [0, 0.1) is 5.82 Å². The molecule has 0 spiro atoms. The van der Waals surface area contributed by atoms with Crippen molar-refractivity contribution in [3.63, 3.8) is 0 Å². The van der Waals surface area contributed by atoms with Crippen LogP contribution in [-0.2, 0) is 12.6 Å². The maximum Gasteiger partial charge on any atom is 0.416 e. The van der Waals surface area contributed by atoms with Crippen molar-refractivity contribution in [2.45, 2.75) is 18.7 Å². The number of ether oxygens (including phenoxy) is 1. The van der Waals surface area contributed by atoms with Gasteiger partial charge in [-0.2, -0.15) is 13.2 Å². The largest absolute Gasteiger partial charge is 0.488 e. The second-order valence-electron chi connectivity index (χ2n) is 5.17. The monoisotopic (exact) mass is 311 g/mol. The minimum Gasteiger partial charge on any atom is -0.488 e. The van der Waals surface area contributed by atoms with E-state index in [9.17, 15) is 17.6 Å². The first kappa shape index (κ1) is 14.8. The highest BCUT2D eigenvalue weighted by molar-refractivity contribution is 5.74. The molecule has 22 heavy (non-hydrogen) atoms. The van der Waals surface area contributed by atoms with Gasteiger partial charge in [-0.05, 0) is 23.8 Å². The third-order valence-electron chi connectivity index (χ3n) is 3.65. The summed E-state index contributed by atoms with van der Waals surface area (Å²) in [6.45, 7) is 0.187. The molecule has 1 heterocycles. The van der Waals surface area contributed by atoms with E-state index in [1.165, 1.54) is 18.2 Å². The van der Waals surface area contributed by atoms with Gasteiger partial charge in [0.15, 0.2) is 0 Å². The van der Waals surface area contributed by atoms with Crippen LogP contribution in [0.3, 0.4) is 0 Å². The first-order valence-electron chi connectivity index (χ1n) is 6.76. The molecule has 0 aliphatic carbocycles. The summed E-state index contributed by atoms with van der Waals surface area (Å²) >= 11 is 0. The lowest BCUT2D eigenvalue weighted by atomic mass is 9.96. The van der Waals surface area contributed by atoms with Gasteiger partial charge in [-0.15, -0.1) is 0 Å². The Morgan fingerprint density at radius 3 is 2.50 bits per heavy atom. The van der Waals surface area contributed by atoms with Crippen molar-refractivity contribution in [3.8, 4) is 16.9 Å². The third-order valence-corrected chi connectivity index (χ3v) is 3.65. The quantitative estimate of drug-likeness (QED) is 0.857. The van der Waals surface area contributed by atoms with Crippen molar-refractivity contribution in [3.05, 3.63) is 53.3 Å². The highest BCUT2D eigenvalue weighted by Gasteiger charge is 2.35. The van der Waals surface area contributed by atoms with Gasteiger partial charge in [0.25, 0.3) is 0 Å². The van der Waals surface area contributed by atoms with Gasteiger partial charge in [-0.1, -0.05) is 18.2 Å². The van der Waals surface area contributed by atoms with Gasteiger partial charge in [0, 0.05) is 24.1 Å². The topological polar surface area (TPSA) is 35.2 Å². The average molecular weight is 311 g/mol. The Hall–Kier alpha value is -2.08. The molecule has 0 saturated carbocycles. The lowest BCUT2D eigenvalue weighted by Gasteiger charge is -2.14. The molecule has 0 aromatic heterocycles. The molecule has 3 rings (SSSR count). The molecule has 2 nitrogen and oxygen atoms in total. The molecule has 1 aliphatic heterocycles. The van der Waals surface area contributed by atoms with E-state index in [1.807, 2.05) is 0 Å². The van der Waals surface area contributed by atoms with E-state index in [4.69, 9.17) is 10.5 Å². The zero-order chi connectivity index (χ0) is 15.9. The van der Waals surface area contributed by atoms with Crippen LogP contribution >= 0.6 is 0 Å². The molecular weight excluding hydrogens is 298 g/mol. The molecule has 1 atom stereocenters. The first-order chi connectivity index (χ1) is 10.4. The van der Waals surface area contributed by atoms with Crippen LogP contribution in [0.15, 0.2) is 36.4 Å². The molecule has 2 N–H and O–H groups in total. The van der Waals surface area contributed by atoms with Crippen LogP contribution in [0.1, 0.15) is 11.1 Å². The second kappa shape index (κ2) is 5.28. The second-order valence-corrected chi connectivity index (χ2v) is 5.17. The number of alkyl halides is 3. The van der Waals surface area contributed by atoms with E-state index in [1.54, 1.807) is 6.07 Å². The summed E-state index contributed by atoms with van der Waals surface area (Å²) in [5, 5.41) is 0. The fourth-order valence-electron chi connectivity index (χ4n) is 2.61. The van der Waals surface area contributed by atoms with Crippen LogP contribution in [0.2, 0.25) is 0 Å². The van der Waals surface area contributed by atoms with Crippen molar-refractivity contribution in [2.75, 3.05) is 6.54 Å². The van der Waals surface area contributed by atoms with Gasteiger partial charge in [0.1, 0.15) is 17.7 Å². The lowest BCUT2D eigenvalue weighted by molar-refractivity contribution is -0.137. The van der Waals surface area contributed by atoms with E-state index in [0.717, 1.165) is 12.1 Å². The standard InChI is InChI=1S/C16H13F4NO/c17-14-4-2-1-3-12(14)13-7-10(16(18,19)20)5-9-6-11(8-21)22-15(9)13/h1-5,7,11H,6,8,21H2. The maximum absolute atomic E-state index is 14.0. The van der Waals surface area contributed by atoms with Gasteiger partial charge in [0.05, 0.1) is 5.56 Å². The molecule has 0 radical (unpaired) electrons. The van der Waals surface area contributed by atoms with Crippen molar-refractivity contribution >= 4 is 0 Å². The number of hydrogen-bond acceptors (Lipinski definition) is 2. The van der Waals surface area contributed by atoms with Crippen LogP contribution in [0.4, 0.5) is 17.6 Å². The Labute approximate surface area is 124 Å². The Morgan fingerprint density at radius 2 is 1.86 bits per heavy atom. The Balaban J connectivity index is 2.21. The molecule has 0 saturated heterocycles. The molecule has 2 aromatic carbocycles. The van der Waals surface area contributed by atoms with Crippen LogP contribution < -0.4 is 10.5 Å². The van der Waals surface area contributed by atoms with Gasteiger partial charge >= 0.3 is 6.18 Å². The lowest BCUT2D eigenvalue weighted by Crippen LogP contribution is -2.24. The van der Waals surface area contributed by atoms with Crippen molar-refractivity contribution < 1.29 is 22.3 Å². The molecule has 1 unspecified atom stereocenters. The van der Waals surface area contributed by atoms with Gasteiger partial charge in [0.2, 0.25) is 0 Å². The number of rotatable bonds is 2. The highest BCUT2D eigenvalue weighted by Crippen LogP contribution is 2.43. The zero-order valence-electron chi connectivity index (χ0n) is 11.5. The Kier molecular flexibility index (Phi) is 3.56. The normalized spacial score (nSPS) is 17.2. The number of hydrogen-bond donors (Lipinski definition) is 1.